The molecule has 0 radical (unpaired) electrons. The van der Waals surface area contributed by atoms with Crippen LogP contribution in [0.2, 0.25) is 10.0 Å². The van der Waals surface area contributed by atoms with Gasteiger partial charge in [-0.15, -0.1) is 0 Å². The van der Waals surface area contributed by atoms with Crippen LogP contribution in [-0.4, -0.2) is 34.9 Å². The summed E-state index contributed by atoms with van der Waals surface area (Å²) in [7, 11) is 0. The van der Waals surface area contributed by atoms with Gasteiger partial charge in [0.2, 0.25) is 5.91 Å². The molecule has 7 heteroatoms. The van der Waals surface area contributed by atoms with Crippen LogP contribution in [0, 0.1) is 0 Å². The molecule has 0 saturated carbocycles. The molecule has 0 aliphatic carbocycles. The molecule has 30 heavy (non-hydrogen) atoms. The van der Waals surface area contributed by atoms with E-state index in [4.69, 9.17) is 27.9 Å². The second kappa shape index (κ2) is 10.7. The van der Waals surface area contributed by atoms with E-state index in [9.17, 15) is 9.59 Å². The van der Waals surface area contributed by atoms with Crippen molar-refractivity contribution in [2.75, 3.05) is 6.61 Å². The molecule has 0 fully saturated rings. The number of para-hydroxylation sites is 1. The van der Waals surface area contributed by atoms with E-state index in [-0.39, 0.29) is 25.0 Å². The van der Waals surface area contributed by atoms with Crippen LogP contribution in [0.1, 0.15) is 39.7 Å². The Hall–Kier alpha value is -2.24. The summed E-state index contributed by atoms with van der Waals surface area (Å²) in [6.07, 6.45) is 0.459. The number of carbonyl (C=O) groups is 2. The van der Waals surface area contributed by atoms with E-state index in [1.54, 1.807) is 30.3 Å². The van der Waals surface area contributed by atoms with E-state index in [1.807, 2.05) is 45.9 Å². The third-order valence-corrected chi connectivity index (χ3v) is 5.07. The summed E-state index contributed by atoms with van der Waals surface area (Å²) >= 11 is 12.2. The number of benzene rings is 2. The van der Waals surface area contributed by atoms with Gasteiger partial charge in [-0.3, -0.25) is 9.59 Å². The van der Waals surface area contributed by atoms with Gasteiger partial charge >= 0.3 is 0 Å². The topological polar surface area (TPSA) is 58.6 Å². The van der Waals surface area contributed by atoms with Crippen LogP contribution in [0.5, 0.6) is 5.75 Å². The lowest BCUT2D eigenvalue weighted by atomic mass is 10.1. The van der Waals surface area contributed by atoms with Crippen LogP contribution in [0.15, 0.2) is 48.5 Å². The Balaban J connectivity index is 2.25. The third kappa shape index (κ3) is 7.22. The molecule has 2 rings (SSSR count). The van der Waals surface area contributed by atoms with Crippen molar-refractivity contribution in [3.63, 3.8) is 0 Å². The molecule has 1 N–H and O–H groups in total. The molecule has 0 saturated heterocycles. The maximum Gasteiger partial charge on any atom is 0.261 e. The van der Waals surface area contributed by atoms with Gasteiger partial charge in [-0.1, -0.05) is 54.4 Å². The molecule has 2 amide bonds. The zero-order valence-electron chi connectivity index (χ0n) is 17.7. The second-order valence-electron chi connectivity index (χ2n) is 8.04. The van der Waals surface area contributed by atoms with Crippen molar-refractivity contribution < 1.29 is 14.3 Å². The largest absolute Gasteiger partial charge is 0.484 e. The van der Waals surface area contributed by atoms with Gasteiger partial charge in [0.25, 0.3) is 5.91 Å². The molecule has 0 spiro atoms. The number of amides is 2. The van der Waals surface area contributed by atoms with Crippen molar-refractivity contribution in [2.24, 2.45) is 0 Å². The summed E-state index contributed by atoms with van der Waals surface area (Å²) < 4.78 is 5.63. The number of hydrogen-bond donors (Lipinski definition) is 1. The van der Waals surface area contributed by atoms with Crippen molar-refractivity contribution in [1.82, 2.24) is 10.2 Å². The number of nitrogens with one attached hydrogen (secondary N) is 1. The highest BCUT2D eigenvalue weighted by atomic mass is 35.5. The third-order valence-electron chi connectivity index (χ3n) is 4.33. The number of nitrogens with zero attached hydrogens (tertiary/aromatic N) is 1. The average Bonchev–Trinajstić information content (AvgIpc) is 2.68. The van der Waals surface area contributed by atoms with E-state index >= 15 is 0 Å². The predicted octanol–water partition coefficient (Wildman–Crippen LogP) is 5.09. The van der Waals surface area contributed by atoms with E-state index in [0.29, 0.717) is 22.2 Å². The standard InChI is InChI=1S/C23H28Cl2N2O3/c1-5-20(22(29)26-23(2,3)4)27(14-16-11-12-18(24)19(25)13-16)21(28)15-30-17-9-7-6-8-10-17/h6-13,20H,5,14-15H2,1-4H3,(H,26,29)/t20-/m1/s1. The Kier molecular flexibility index (Phi) is 8.56. The summed E-state index contributed by atoms with van der Waals surface area (Å²) in [5, 5.41) is 3.80. The second-order valence-corrected chi connectivity index (χ2v) is 8.85. The van der Waals surface area contributed by atoms with E-state index in [0.717, 1.165) is 5.56 Å². The Morgan fingerprint density at radius 3 is 2.30 bits per heavy atom. The zero-order valence-corrected chi connectivity index (χ0v) is 19.3. The van der Waals surface area contributed by atoms with E-state index in [1.165, 1.54) is 4.90 Å². The van der Waals surface area contributed by atoms with Crippen LogP contribution >= 0.6 is 23.2 Å². The number of carbonyl (C=O) groups excluding carboxylic acids is 2. The van der Waals surface area contributed by atoms with Crippen molar-refractivity contribution in [3.8, 4) is 5.75 Å². The first-order valence-corrected chi connectivity index (χ1v) is 10.6. The molecule has 2 aromatic carbocycles. The molecule has 0 heterocycles. The SMILES string of the molecule is CC[C@H](C(=O)NC(C)(C)C)N(Cc1ccc(Cl)c(Cl)c1)C(=O)COc1ccccc1. The fraction of sp³-hybridized carbons (Fsp3) is 0.391. The number of halogens is 2. The molecule has 162 valence electrons. The average molecular weight is 451 g/mol. The van der Waals surface area contributed by atoms with Crippen molar-refractivity contribution in [2.45, 2.75) is 52.2 Å². The van der Waals surface area contributed by atoms with E-state index < -0.39 is 11.6 Å². The molecule has 0 bridgehead atoms. The summed E-state index contributed by atoms with van der Waals surface area (Å²) in [5.74, 6) is 0.0893. The molecular formula is C23H28Cl2N2O3. The molecule has 5 nitrogen and oxygen atoms in total. The maximum absolute atomic E-state index is 13.1. The molecule has 0 aliphatic heterocycles. The van der Waals surface area contributed by atoms with Crippen LogP contribution < -0.4 is 10.1 Å². The summed E-state index contributed by atoms with van der Waals surface area (Å²) in [4.78, 5) is 27.6. The molecule has 0 aliphatic rings. The predicted molar refractivity (Wildman–Crippen MR) is 121 cm³/mol. The molecule has 0 aromatic heterocycles. The van der Waals surface area contributed by atoms with Crippen molar-refractivity contribution in [1.29, 1.82) is 0 Å². The minimum Gasteiger partial charge on any atom is -0.484 e. The van der Waals surface area contributed by atoms with Crippen LogP contribution in [0.25, 0.3) is 0 Å². The quantitative estimate of drug-likeness (QED) is 0.608. The summed E-state index contributed by atoms with van der Waals surface area (Å²) in [6.45, 7) is 7.62. The van der Waals surface area contributed by atoms with Crippen LogP contribution in [0.3, 0.4) is 0 Å². The molecule has 2 aromatic rings. The number of rotatable bonds is 8. The lowest BCUT2D eigenvalue weighted by molar-refractivity contribution is -0.143. The molecule has 1 atom stereocenters. The van der Waals surface area contributed by atoms with Gasteiger partial charge in [-0.05, 0) is 57.0 Å². The first kappa shape index (κ1) is 24.0. The summed E-state index contributed by atoms with van der Waals surface area (Å²) in [6, 6.07) is 13.6. The van der Waals surface area contributed by atoms with Gasteiger partial charge in [0.1, 0.15) is 11.8 Å². The van der Waals surface area contributed by atoms with Gasteiger partial charge in [0.05, 0.1) is 10.0 Å². The first-order valence-electron chi connectivity index (χ1n) is 9.84. The fourth-order valence-electron chi connectivity index (χ4n) is 2.95. The highest BCUT2D eigenvalue weighted by molar-refractivity contribution is 6.42. The minimum absolute atomic E-state index is 0.176. The Morgan fingerprint density at radius 1 is 1.07 bits per heavy atom. The van der Waals surface area contributed by atoms with Crippen molar-refractivity contribution in [3.05, 3.63) is 64.1 Å². The Labute approximate surface area is 188 Å². The fourth-order valence-corrected chi connectivity index (χ4v) is 3.27. The lowest BCUT2D eigenvalue weighted by Crippen LogP contribution is -2.54. The van der Waals surface area contributed by atoms with Gasteiger partial charge in [0, 0.05) is 12.1 Å². The van der Waals surface area contributed by atoms with Gasteiger partial charge in [-0.25, -0.2) is 0 Å². The Bertz CT molecular complexity index is 866. The van der Waals surface area contributed by atoms with Gasteiger partial charge < -0.3 is 15.0 Å². The highest BCUT2D eigenvalue weighted by Crippen LogP contribution is 2.24. The smallest absolute Gasteiger partial charge is 0.261 e. The zero-order chi connectivity index (χ0) is 22.3. The monoisotopic (exact) mass is 450 g/mol. The van der Waals surface area contributed by atoms with Crippen LogP contribution in [0.4, 0.5) is 0 Å². The number of ether oxygens (including phenoxy) is 1. The maximum atomic E-state index is 13.1. The highest BCUT2D eigenvalue weighted by Gasteiger charge is 2.31. The molecule has 0 unspecified atom stereocenters. The van der Waals surface area contributed by atoms with Crippen LogP contribution in [-0.2, 0) is 16.1 Å². The minimum atomic E-state index is -0.648. The first-order chi connectivity index (χ1) is 14.1. The summed E-state index contributed by atoms with van der Waals surface area (Å²) in [5.41, 5.74) is 0.364. The van der Waals surface area contributed by atoms with E-state index in [2.05, 4.69) is 5.32 Å². The normalized spacial score (nSPS) is 12.2. The Morgan fingerprint density at radius 2 is 1.73 bits per heavy atom. The molecular weight excluding hydrogens is 423 g/mol. The van der Waals surface area contributed by atoms with Crippen molar-refractivity contribution >= 4 is 35.0 Å². The van der Waals surface area contributed by atoms with Gasteiger partial charge in [0.15, 0.2) is 6.61 Å². The van der Waals surface area contributed by atoms with Gasteiger partial charge in [-0.2, -0.15) is 0 Å². The number of hydrogen-bond acceptors (Lipinski definition) is 3. The lowest BCUT2D eigenvalue weighted by Gasteiger charge is -2.33.